The largest absolute Gasteiger partial charge is 0.310 e. The van der Waals surface area contributed by atoms with E-state index in [9.17, 15) is 5.26 Å². The summed E-state index contributed by atoms with van der Waals surface area (Å²) in [5, 5.41) is 17.6. The second-order valence-corrected chi connectivity index (χ2v) is 18.7. The maximum Gasteiger partial charge on any atom is 0.0998 e. The normalized spacial score (nSPS) is 12.0. The van der Waals surface area contributed by atoms with Gasteiger partial charge in [-0.2, -0.15) is 5.26 Å². The number of para-hydroxylation sites is 1. The maximum atomic E-state index is 10.2. The average molecular weight is 906 g/mol. The fourth-order valence-electron chi connectivity index (χ4n) is 11.2. The summed E-state index contributed by atoms with van der Waals surface area (Å²) in [7, 11) is 0. The van der Waals surface area contributed by atoms with E-state index in [1.165, 1.54) is 87.8 Å². The van der Waals surface area contributed by atoms with Gasteiger partial charge in [-0.15, -0.1) is 0 Å². The molecule has 11 aromatic carbocycles. The number of aromatic nitrogens is 1. The SMILES string of the molecule is N#Cc1ccccc1-c1ccc2c(c1)c1c(CCC(c3ccccc3)c3ccc(-c4ccccc4)cc3)ccc3c4cc5ccc(N(c6ccccc6)c6ccc(-c7ccccc7)cc6)cc5cc4n2c31. The summed E-state index contributed by atoms with van der Waals surface area (Å²) < 4.78 is 2.51. The molecule has 71 heavy (non-hydrogen) atoms. The summed E-state index contributed by atoms with van der Waals surface area (Å²) in [5.41, 5.74) is 18.4. The molecule has 0 saturated carbocycles. The van der Waals surface area contributed by atoms with Crippen molar-refractivity contribution >= 4 is 65.9 Å². The van der Waals surface area contributed by atoms with E-state index in [1.54, 1.807) is 0 Å². The molecule has 13 aromatic rings. The number of hydrogen-bond donors (Lipinski definition) is 0. The van der Waals surface area contributed by atoms with Crippen LogP contribution in [0.4, 0.5) is 17.1 Å². The Morgan fingerprint density at radius 2 is 0.986 bits per heavy atom. The van der Waals surface area contributed by atoms with Crippen LogP contribution >= 0.6 is 0 Å². The molecule has 0 N–H and O–H groups in total. The van der Waals surface area contributed by atoms with E-state index in [0.717, 1.165) is 41.0 Å². The highest BCUT2D eigenvalue weighted by Crippen LogP contribution is 2.45. The lowest BCUT2D eigenvalue weighted by Gasteiger charge is -2.26. The zero-order valence-electron chi connectivity index (χ0n) is 39.1. The fourth-order valence-corrected chi connectivity index (χ4v) is 11.2. The first-order valence-corrected chi connectivity index (χ1v) is 24.6. The van der Waals surface area contributed by atoms with Gasteiger partial charge in [0.25, 0.3) is 0 Å². The minimum absolute atomic E-state index is 0.209. The molecule has 1 atom stereocenters. The summed E-state index contributed by atoms with van der Waals surface area (Å²) in [6.45, 7) is 0. The third-order valence-electron chi connectivity index (χ3n) is 14.7. The molecular weight excluding hydrogens is 859 g/mol. The Hall–Kier alpha value is -9.23. The summed E-state index contributed by atoms with van der Waals surface area (Å²) in [6, 6.07) is 94.6. The third-order valence-corrected chi connectivity index (χ3v) is 14.7. The Morgan fingerprint density at radius 1 is 0.408 bits per heavy atom. The molecule has 0 bridgehead atoms. The molecule has 334 valence electrons. The quantitative estimate of drug-likeness (QED) is 0.129. The molecule has 0 aliphatic rings. The second kappa shape index (κ2) is 17.7. The first-order chi connectivity index (χ1) is 35.2. The van der Waals surface area contributed by atoms with Crippen LogP contribution in [0.2, 0.25) is 0 Å². The van der Waals surface area contributed by atoms with Crippen LogP contribution in [0.3, 0.4) is 0 Å². The standard InChI is InChI=1S/C68H47N3/c69-45-55-21-13-14-24-60(55)54-34-40-65-64(43-54)67-52(32-38-61(50-19-9-3-10-20-50)51-27-25-48(26-28-51)46-15-5-1-6-16-46)33-39-62-63-42-53-31-37-59(41-56(53)44-66(63)71(65)68(62)67)70(57-22-11-4-12-23-57)58-35-29-49(30-36-58)47-17-7-2-8-18-47/h1-31,33-37,39-44,61H,32,38H2. The van der Waals surface area contributed by atoms with Gasteiger partial charge < -0.3 is 9.30 Å². The van der Waals surface area contributed by atoms with Crippen LogP contribution in [0.15, 0.2) is 255 Å². The molecule has 3 heteroatoms. The van der Waals surface area contributed by atoms with Crippen LogP contribution < -0.4 is 4.90 Å². The minimum atomic E-state index is 0.209. The van der Waals surface area contributed by atoms with Crippen LogP contribution in [-0.2, 0) is 6.42 Å². The van der Waals surface area contributed by atoms with Gasteiger partial charge in [0, 0.05) is 44.5 Å². The van der Waals surface area contributed by atoms with Gasteiger partial charge >= 0.3 is 0 Å². The molecule has 1 unspecified atom stereocenters. The lowest BCUT2D eigenvalue weighted by atomic mass is 9.85. The molecule has 0 radical (unpaired) electrons. The van der Waals surface area contributed by atoms with E-state index < -0.39 is 0 Å². The number of rotatable bonds is 11. The van der Waals surface area contributed by atoms with Crippen LogP contribution in [0.1, 0.15) is 34.6 Å². The van der Waals surface area contributed by atoms with Gasteiger partial charge in [0.05, 0.1) is 28.2 Å². The van der Waals surface area contributed by atoms with Crippen LogP contribution in [-0.4, -0.2) is 4.40 Å². The number of nitrogens with zero attached hydrogens (tertiary/aromatic N) is 3. The maximum absolute atomic E-state index is 10.2. The van der Waals surface area contributed by atoms with Crippen LogP contribution in [0.5, 0.6) is 0 Å². The average Bonchev–Trinajstić information content (AvgIpc) is 3.95. The highest BCUT2D eigenvalue weighted by Gasteiger charge is 2.24. The Labute approximate surface area is 413 Å². The predicted molar refractivity (Wildman–Crippen MR) is 297 cm³/mol. The van der Waals surface area contributed by atoms with Gasteiger partial charge in [-0.05, 0) is 140 Å². The van der Waals surface area contributed by atoms with Crippen molar-refractivity contribution in [2.75, 3.05) is 4.90 Å². The summed E-state index contributed by atoms with van der Waals surface area (Å²) >= 11 is 0. The zero-order valence-corrected chi connectivity index (χ0v) is 39.1. The Morgan fingerprint density at radius 3 is 1.69 bits per heavy atom. The molecule has 0 amide bonds. The van der Waals surface area contributed by atoms with Gasteiger partial charge in [-0.25, -0.2) is 0 Å². The number of benzene rings is 11. The van der Waals surface area contributed by atoms with Gasteiger partial charge in [-0.1, -0.05) is 188 Å². The third kappa shape index (κ3) is 7.46. The van der Waals surface area contributed by atoms with Crippen molar-refractivity contribution in [3.05, 3.63) is 277 Å². The smallest absolute Gasteiger partial charge is 0.0998 e. The summed E-state index contributed by atoms with van der Waals surface area (Å²) in [5.74, 6) is 0.209. The van der Waals surface area contributed by atoms with Crippen molar-refractivity contribution < 1.29 is 0 Å². The van der Waals surface area contributed by atoms with E-state index in [2.05, 4.69) is 252 Å². The van der Waals surface area contributed by atoms with E-state index in [1.807, 2.05) is 18.2 Å². The molecule has 0 aliphatic heterocycles. The summed E-state index contributed by atoms with van der Waals surface area (Å²) in [6.07, 6.45) is 1.83. The summed E-state index contributed by atoms with van der Waals surface area (Å²) in [4.78, 5) is 2.35. The van der Waals surface area contributed by atoms with Crippen molar-refractivity contribution in [1.29, 1.82) is 5.26 Å². The van der Waals surface area contributed by atoms with E-state index in [-0.39, 0.29) is 5.92 Å². The first kappa shape index (κ1) is 41.9. The van der Waals surface area contributed by atoms with Gasteiger partial charge in [0.2, 0.25) is 0 Å². The van der Waals surface area contributed by atoms with Crippen molar-refractivity contribution in [2.45, 2.75) is 18.8 Å². The Balaban J connectivity index is 0.959. The molecule has 3 nitrogen and oxygen atoms in total. The highest BCUT2D eigenvalue weighted by molar-refractivity contribution is 6.26. The van der Waals surface area contributed by atoms with Crippen molar-refractivity contribution in [3.8, 4) is 39.4 Å². The number of anilines is 3. The highest BCUT2D eigenvalue weighted by atomic mass is 15.1. The lowest BCUT2D eigenvalue weighted by molar-refractivity contribution is 0.718. The molecule has 0 aliphatic carbocycles. The minimum Gasteiger partial charge on any atom is -0.310 e. The van der Waals surface area contributed by atoms with Crippen molar-refractivity contribution in [1.82, 2.24) is 4.40 Å². The lowest BCUT2D eigenvalue weighted by Crippen LogP contribution is -2.09. The fraction of sp³-hybridized carbons (Fsp3) is 0.0441. The van der Waals surface area contributed by atoms with Crippen LogP contribution in [0, 0.1) is 11.3 Å². The first-order valence-electron chi connectivity index (χ1n) is 24.6. The molecule has 2 heterocycles. The molecule has 13 rings (SSSR count). The Bertz CT molecular complexity index is 4080. The predicted octanol–water partition coefficient (Wildman–Crippen LogP) is 18.1. The molecule has 0 spiro atoms. The molecule has 2 aromatic heterocycles. The molecule has 0 saturated heterocycles. The van der Waals surface area contributed by atoms with Crippen LogP contribution in [0.25, 0.3) is 82.2 Å². The van der Waals surface area contributed by atoms with E-state index in [4.69, 9.17) is 0 Å². The number of fused-ring (bicyclic) bond motifs is 7. The topological polar surface area (TPSA) is 31.4 Å². The number of hydrogen-bond acceptors (Lipinski definition) is 2. The Kier molecular flexibility index (Phi) is 10.4. The van der Waals surface area contributed by atoms with Crippen molar-refractivity contribution in [3.63, 3.8) is 0 Å². The van der Waals surface area contributed by atoms with Crippen molar-refractivity contribution in [2.24, 2.45) is 0 Å². The monoisotopic (exact) mass is 905 g/mol. The van der Waals surface area contributed by atoms with Gasteiger partial charge in [0.15, 0.2) is 0 Å². The molecular formula is C68H47N3. The van der Waals surface area contributed by atoms with E-state index in [0.29, 0.717) is 5.56 Å². The number of nitriles is 1. The zero-order chi connectivity index (χ0) is 47.3. The van der Waals surface area contributed by atoms with E-state index >= 15 is 0 Å². The number of aryl methyl sites for hydroxylation is 1. The van der Waals surface area contributed by atoms with Gasteiger partial charge in [0.1, 0.15) is 0 Å². The van der Waals surface area contributed by atoms with Gasteiger partial charge in [-0.3, -0.25) is 0 Å². The second-order valence-electron chi connectivity index (χ2n) is 18.7. The molecule has 0 fully saturated rings.